The predicted octanol–water partition coefficient (Wildman–Crippen LogP) is 4.86. The topological polar surface area (TPSA) is 46.5 Å². The second-order valence-electron chi connectivity index (χ2n) is 5.92. The molecule has 122 valence electrons. The van der Waals surface area contributed by atoms with Gasteiger partial charge < -0.3 is 9.84 Å². The van der Waals surface area contributed by atoms with Gasteiger partial charge in [0.2, 0.25) is 0 Å². The smallest absolute Gasteiger partial charge is 0.345 e. The molecule has 0 unspecified atom stereocenters. The first-order valence-corrected chi connectivity index (χ1v) is 9.20. The van der Waals surface area contributed by atoms with E-state index < -0.39 is 12.2 Å². The maximum atomic E-state index is 11.2. The van der Waals surface area contributed by atoms with Crippen LogP contribution in [0.4, 0.5) is 0 Å². The Morgan fingerprint density at radius 3 is 2.10 bits per heavy atom. The molecule has 0 radical (unpaired) electrons. The van der Waals surface area contributed by atoms with Crippen molar-refractivity contribution in [3.05, 3.63) is 10.6 Å². The monoisotopic (exact) mass is 360 g/mol. The second kappa shape index (κ2) is 11.2. The van der Waals surface area contributed by atoms with Crippen LogP contribution in [0.2, 0.25) is 0 Å². The molecule has 0 saturated heterocycles. The number of carbonyl (C=O) groups is 1. The molecule has 1 heterocycles. The number of halogens is 1. The van der Waals surface area contributed by atoms with Crippen LogP contribution < -0.4 is 0 Å². The van der Waals surface area contributed by atoms with Crippen molar-refractivity contribution in [3.8, 4) is 0 Å². The van der Waals surface area contributed by atoms with Crippen LogP contribution in [-0.2, 0) is 9.53 Å². The molecule has 0 amide bonds. The van der Waals surface area contributed by atoms with Gasteiger partial charge in [-0.3, -0.25) is 0 Å². The number of aliphatic hydroxyl groups excluding tert-OH is 1. The van der Waals surface area contributed by atoms with Crippen LogP contribution >= 0.6 is 15.9 Å². The summed E-state index contributed by atoms with van der Waals surface area (Å²) in [5.41, 5.74) is 0. The van der Waals surface area contributed by atoms with Crippen molar-refractivity contribution < 1.29 is 14.6 Å². The fraction of sp³-hybridized carbons (Fsp3) is 0.824. The first kappa shape index (κ1) is 18.7. The number of esters is 1. The Morgan fingerprint density at radius 1 is 1.10 bits per heavy atom. The first-order chi connectivity index (χ1) is 10.1. The maximum Gasteiger partial charge on any atom is 0.345 e. The van der Waals surface area contributed by atoms with E-state index in [0.717, 1.165) is 12.8 Å². The Hall–Kier alpha value is -0.350. The van der Waals surface area contributed by atoms with E-state index in [1.54, 1.807) is 6.08 Å². The molecular formula is C17H29BrO3. The minimum atomic E-state index is -0.571. The quantitative estimate of drug-likeness (QED) is 0.399. The normalized spacial score (nSPS) is 19.5. The van der Waals surface area contributed by atoms with Crippen LogP contribution in [0.3, 0.4) is 0 Å². The minimum absolute atomic E-state index is 0.373. The highest BCUT2D eigenvalue weighted by molar-refractivity contribution is 9.12. The van der Waals surface area contributed by atoms with Crippen molar-refractivity contribution >= 4 is 21.9 Å². The van der Waals surface area contributed by atoms with Gasteiger partial charge in [-0.15, -0.1) is 0 Å². The van der Waals surface area contributed by atoms with Gasteiger partial charge in [0.25, 0.3) is 0 Å². The van der Waals surface area contributed by atoms with Crippen LogP contribution in [0.5, 0.6) is 0 Å². The molecule has 21 heavy (non-hydrogen) atoms. The van der Waals surface area contributed by atoms with Gasteiger partial charge in [0.05, 0.1) is 6.10 Å². The standard InChI is InChI=1S/C17H29BrO3/c1-2-3-4-5-6-7-8-9-10-11-12-15(19)16-13-14(18)17(20)21-16/h13,15-16,19H,2-12H2,1H3/t15-,16+/m1/s1. The van der Waals surface area contributed by atoms with Crippen LogP contribution in [-0.4, -0.2) is 23.3 Å². The van der Waals surface area contributed by atoms with Crippen LogP contribution in [0.15, 0.2) is 10.6 Å². The van der Waals surface area contributed by atoms with Gasteiger partial charge in [-0.1, -0.05) is 71.1 Å². The summed E-state index contributed by atoms with van der Waals surface area (Å²) >= 11 is 3.12. The molecule has 0 bridgehead atoms. The summed E-state index contributed by atoms with van der Waals surface area (Å²) in [6.45, 7) is 2.25. The van der Waals surface area contributed by atoms with Crippen molar-refractivity contribution in [2.75, 3.05) is 0 Å². The van der Waals surface area contributed by atoms with E-state index in [2.05, 4.69) is 22.9 Å². The number of unbranched alkanes of at least 4 members (excludes halogenated alkanes) is 9. The largest absolute Gasteiger partial charge is 0.451 e. The molecule has 0 aromatic rings. The maximum absolute atomic E-state index is 11.2. The van der Waals surface area contributed by atoms with Crippen molar-refractivity contribution in [3.63, 3.8) is 0 Å². The fourth-order valence-electron chi connectivity index (χ4n) is 2.62. The molecule has 1 rings (SSSR count). The average Bonchev–Trinajstić information content (AvgIpc) is 2.80. The molecular weight excluding hydrogens is 332 g/mol. The molecule has 1 aliphatic rings. The lowest BCUT2D eigenvalue weighted by Gasteiger charge is -2.15. The summed E-state index contributed by atoms with van der Waals surface area (Å²) in [6.07, 6.45) is 14.1. The van der Waals surface area contributed by atoms with E-state index in [4.69, 9.17) is 4.74 Å². The second-order valence-corrected chi connectivity index (χ2v) is 6.78. The van der Waals surface area contributed by atoms with Gasteiger partial charge in [-0.2, -0.15) is 0 Å². The Kier molecular flexibility index (Phi) is 10.0. The van der Waals surface area contributed by atoms with Crippen LogP contribution in [0.25, 0.3) is 0 Å². The van der Waals surface area contributed by atoms with Crippen molar-refractivity contribution in [2.24, 2.45) is 0 Å². The summed E-state index contributed by atoms with van der Waals surface area (Å²) < 4.78 is 5.47. The highest BCUT2D eigenvalue weighted by Crippen LogP contribution is 2.23. The first-order valence-electron chi connectivity index (χ1n) is 8.41. The minimum Gasteiger partial charge on any atom is -0.451 e. The van der Waals surface area contributed by atoms with Crippen molar-refractivity contribution in [1.29, 1.82) is 0 Å². The number of ether oxygens (including phenoxy) is 1. The van der Waals surface area contributed by atoms with Crippen molar-refractivity contribution in [2.45, 2.75) is 89.8 Å². The lowest BCUT2D eigenvalue weighted by molar-refractivity contribution is -0.143. The molecule has 0 aliphatic carbocycles. The van der Waals surface area contributed by atoms with Crippen LogP contribution in [0.1, 0.15) is 77.6 Å². The number of rotatable bonds is 12. The Labute approximate surface area is 137 Å². The van der Waals surface area contributed by atoms with Crippen LogP contribution in [0, 0.1) is 0 Å². The van der Waals surface area contributed by atoms with E-state index in [0.29, 0.717) is 10.9 Å². The SMILES string of the molecule is CCCCCCCCCCCC[C@@H](O)[C@@H]1C=C(Br)C(=O)O1. The molecule has 0 aromatic heterocycles. The number of hydrogen-bond acceptors (Lipinski definition) is 3. The van der Waals surface area contributed by atoms with E-state index in [-0.39, 0.29) is 5.97 Å². The molecule has 0 saturated carbocycles. The average molecular weight is 361 g/mol. The van der Waals surface area contributed by atoms with Gasteiger partial charge in [0.15, 0.2) is 0 Å². The summed E-state index contributed by atoms with van der Waals surface area (Å²) in [5.74, 6) is -0.373. The zero-order valence-corrected chi connectivity index (χ0v) is 14.7. The highest BCUT2D eigenvalue weighted by Gasteiger charge is 2.28. The molecule has 4 heteroatoms. The molecule has 1 aliphatic heterocycles. The highest BCUT2D eigenvalue weighted by atomic mass is 79.9. The summed E-state index contributed by atoms with van der Waals surface area (Å²) in [6, 6.07) is 0. The molecule has 1 N–H and O–H groups in total. The molecule has 0 aromatic carbocycles. The van der Waals surface area contributed by atoms with Gasteiger partial charge in [-0.25, -0.2) is 4.79 Å². The Bertz CT molecular complexity index is 328. The predicted molar refractivity (Wildman–Crippen MR) is 89.4 cm³/mol. The zero-order chi connectivity index (χ0) is 15.5. The van der Waals surface area contributed by atoms with E-state index in [1.165, 1.54) is 51.4 Å². The molecule has 2 atom stereocenters. The van der Waals surface area contributed by atoms with Crippen molar-refractivity contribution in [1.82, 2.24) is 0 Å². The molecule has 3 nitrogen and oxygen atoms in total. The third kappa shape index (κ3) is 8.01. The Morgan fingerprint density at radius 2 is 1.62 bits per heavy atom. The van der Waals surface area contributed by atoms with Gasteiger partial charge in [-0.05, 0) is 28.4 Å². The number of cyclic esters (lactones) is 1. The summed E-state index contributed by atoms with van der Waals surface area (Å²) in [4.78, 5) is 11.2. The number of hydrogen-bond donors (Lipinski definition) is 1. The lowest BCUT2D eigenvalue weighted by Crippen LogP contribution is -2.25. The van der Waals surface area contributed by atoms with E-state index >= 15 is 0 Å². The summed E-state index contributed by atoms with van der Waals surface area (Å²) in [7, 11) is 0. The number of aliphatic hydroxyl groups is 1. The Balaban J connectivity index is 1.91. The fourth-order valence-corrected chi connectivity index (χ4v) is 2.97. The molecule has 0 fully saturated rings. The third-order valence-corrected chi connectivity index (χ3v) is 4.57. The van der Waals surface area contributed by atoms with Gasteiger partial charge in [0, 0.05) is 0 Å². The third-order valence-electron chi connectivity index (χ3n) is 3.98. The summed E-state index contributed by atoms with van der Waals surface area (Å²) in [5, 5.41) is 9.97. The van der Waals surface area contributed by atoms with E-state index in [1.807, 2.05) is 0 Å². The van der Waals surface area contributed by atoms with E-state index in [9.17, 15) is 9.90 Å². The molecule has 0 spiro atoms. The van der Waals surface area contributed by atoms with Gasteiger partial charge >= 0.3 is 5.97 Å². The number of carbonyl (C=O) groups excluding carboxylic acids is 1. The zero-order valence-electron chi connectivity index (χ0n) is 13.2. The lowest BCUT2D eigenvalue weighted by atomic mass is 10.0. The van der Waals surface area contributed by atoms with Gasteiger partial charge in [0.1, 0.15) is 10.6 Å².